The van der Waals surface area contributed by atoms with E-state index in [0.717, 1.165) is 156 Å². The minimum Gasteiger partial charge on any atom is -0.309 e. The van der Waals surface area contributed by atoms with Gasteiger partial charge < -0.3 is 4.57 Å². The highest BCUT2D eigenvalue weighted by Crippen LogP contribution is 2.53. The fourth-order valence-electron chi connectivity index (χ4n) is 17.3. The van der Waals surface area contributed by atoms with Crippen molar-refractivity contribution in [1.82, 2.24) is 34.1 Å². The molecule has 0 fully saturated rings. The Hall–Kier alpha value is -14.0. The molecule has 13 aromatic carbocycles. The fourth-order valence-corrected chi connectivity index (χ4v) is 17.3. The van der Waals surface area contributed by atoms with E-state index in [4.69, 9.17) is 19.9 Å². The van der Waals surface area contributed by atoms with Crippen LogP contribution in [0.2, 0.25) is 0 Å². The van der Waals surface area contributed by atoms with E-state index in [0.29, 0.717) is 0 Å². The third-order valence-electron chi connectivity index (χ3n) is 21.9. The van der Waals surface area contributed by atoms with Gasteiger partial charge in [-0.2, -0.15) is 0 Å². The smallest absolute Gasteiger partial charge is 0.148 e. The molecule has 7 heteroatoms. The summed E-state index contributed by atoms with van der Waals surface area (Å²) in [5.41, 5.74) is 39.3. The molecule has 0 aliphatic heterocycles. The van der Waals surface area contributed by atoms with Crippen LogP contribution in [0.1, 0.15) is 0 Å². The van der Waals surface area contributed by atoms with E-state index in [9.17, 15) is 0 Å². The second kappa shape index (κ2) is 22.8. The van der Waals surface area contributed by atoms with Gasteiger partial charge in [-0.25, -0.2) is 15.0 Å². The van der Waals surface area contributed by atoms with Gasteiger partial charge in [-0.15, -0.1) is 0 Å². The lowest BCUT2D eigenvalue weighted by Gasteiger charge is -2.24. The first kappa shape index (κ1) is 57.9. The van der Waals surface area contributed by atoms with Gasteiger partial charge in [0.25, 0.3) is 0 Å². The third-order valence-corrected chi connectivity index (χ3v) is 21.9. The number of fused-ring (bicyclic) bond motifs is 30. The molecule has 0 atom stereocenters. The third kappa shape index (κ3) is 8.74. The molecule has 7 nitrogen and oxygen atoms in total. The molecule has 3 aliphatic carbocycles. The van der Waals surface area contributed by atoms with Crippen molar-refractivity contribution in [3.05, 3.63) is 346 Å². The van der Waals surface area contributed by atoms with E-state index in [1.54, 1.807) is 6.33 Å². The molecule has 0 amide bonds. The van der Waals surface area contributed by atoms with Gasteiger partial charge in [0.15, 0.2) is 0 Å². The van der Waals surface area contributed by atoms with Crippen LogP contribution in [0.25, 0.3) is 223 Å². The molecule has 6 aromatic heterocycles. The molecule has 0 saturated carbocycles. The number of rotatable bonds is 5. The predicted octanol–water partition coefficient (Wildman–Crippen LogP) is 24.8. The van der Waals surface area contributed by atoms with Crippen LogP contribution < -0.4 is 0 Å². The van der Waals surface area contributed by atoms with Crippen LogP contribution >= 0.6 is 0 Å². The number of para-hydroxylation sites is 2. The van der Waals surface area contributed by atoms with Crippen LogP contribution in [0.3, 0.4) is 0 Å². The van der Waals surface area contributed by atoms with Crippen LogP contribution in [0.5, 0.6) is 0 Å². The maximum atomic E-state index is 5.74. The van der Waals surface area contributed by atoms with Crippen molar-refractivity contribution in [2.45, 2.75) is 0 Å². The average Bonchev–Trinajstić information content (AvgIpc) is 1.09. The lowest BCUT2D eigenvalue weighted by atomic mass is 9.80. The number of hydrogen-bond donors (Lipinski definition) is 0. The van der Waals surface area contributed by atoms with Crippen molar-refractivity contribution in [1.29, 1.82) is 0 Å². The Morgan fingerprint density at radius 2 is 0.606 bits per heavy atom. The summed E-state index contributed by atoms with van der Waals surface area (Å²) < 4.78 is 4.72. The first-order valence-corrected chi connectivity index (χ1v) is 35.4. The Balaban J connectivity index is 0.652. The van der Waals surface area contributed by atoms with Gasteiger partial charge in [-0.1, -0.05) is 237 Å². The molecule has 3 aliphatic rings. The topological polar surface area (TPSA) is 74.3 Å². The second-order valence-corrected chi connectivity index (χ2v) is 27.4. The summed E-state index contributed by atoms with van der Waals surface area (Å²) in [5, 5.41) is 4.51. The molecule has 0 radical (unpaired) electrons. The monoisotopic (exact) mass is 1320 g/mol. The van der Waals surface area contributed by atoms with Gasteiger partial charge in [0.1, 0.15) is 12.0 Å². The molecule has 6 heterocycles. The van der Waals surface area contributed by atoms with Crippen LogP contribution in [0.15, 0.2) is 346 Å². The highest BCUT2D eigenvalue weighted by Gasteiger charge is 2.29. The summed E-state index contributed by atoms with van der Waals surface area (Å²) in [6.45, 7) is 0. The first-order chi connectivity index (χ1) is 51.6. The SMILES string of the molecule is c1cc(-c2ccc3c(c2)-c2ccccc2-c2ccccc2-c2cc(-n4c5ccccc5c5ccccc54)ccc2-3)cc(-c2ccc3c(c2)-c2cccnc2-c2nc(-c4ccc5c6cncnc6n(-c6ccc7c(c6)-c6ccccc6-c6ncccc6-c6ccccc6-7)c5c4)ccc2-c2ccccc2-3)c1. The maximum Gasteiger partial charge on any atom is 0.148 e. The Bertz CT molecular complexity index is 6830. The number of pyridine rings is 3. The summed E-state index contributed by atoms with van der Waals surface area (Å²) in [6, 6.07) is 118. The highest BCUT2D eigenvalue weighted by atomic mass is 15.1. The molecule has 0 spiro atoms. The first-order valence-electron chi connectivity index (χ1n) is 35.4. The van der Waals surface area contributed by atoms with Crippen molar-refractivity contribution < 1.29 is 0 Å². The van der Waals surface area contributed by atoms with Crippen LogP contribution in [0.4, 0.5) is 0 Å². The molecule has 0 unspecified atom stereocenters. The quantitative estimate of drug-likeness (QED) is 0.172. The Labute approximate surface area is 599 Å². The summed E-state index contributed by atoms with van der Waals surface area (Å²) in [5.74, 6) is 0. The van der Waals surface area contributed by atoms with Crippen LogP contribution in [-0.2, 0) is 0 Å². The average molecular weight is 1320 g/mol. The van der Waals surface area contributed by atoms with Gasteiger partial charge >= 0.3 is 0 Å². The maximum absolute atomic E-state index is 5.74. The zero-order valence-corrected chi connectivity index (χ0v) is 56.0. The van der Waals surface area contributed by atoms with Crippen molar-refractivity contribution in [3.8, 4) is 179 Å². The molecule has 480 valence electrons. The summed E-state index contributed by atoms with van der Waals surface area (Å²) in [6.07, 6.45) is 7.38. The van der Waals surface area contributed by atoms with Gasteiger partial charge in [-0.3, -0.25) is 14.5 Å². The van der Waals surface area contributed by atoms with Crippen LogP contribution in [0, 0.1) is 0 Å². The molecule has 0 N–H and O–H groups in total. The molecule has 0 saturated heterocycles. The molecule has 22 rings (SSSR count). The minimum absolute atomic E-state index is 0.821. The largest absolute Gasteiger partial charge is 0.309 e. The molecule has 104 heavy (non-hydrogen) atoms. The minimum atomic E-state index is 0.821. The summed E-state index contributed by atoms with van der Waals surface area (Å²) in [4.78, 5) is 25.6. The summed E-state index contributed by atoms with van der Waals surface area (Å²) >= 11 is 0. The summed E-state index contributed by atoms with van der Waals surface area (Å²) in [7, 11) is 0. The highest BCUT2D eigenvalue weighted by molar-refractivity contribution is 6.13. The molecule has 19 aromatic rings. The Kier molecular flexibility index (Phi) is 12.7. The Morgan fingerprint density at radius 1 is 0.212 bits per heavy atom. The van der Waals surface area contributed by atoms with Crippen molar-refractivity contribution in [2.24, 2.45) is 0 Å². The standard InChI is InChI=1S/C97H57N7/c1-5-24-69-67(22-1)76-45-40-64(55-88(76)73-28-9-10-31-81(73)94-82(69)32-16-48-99-94)104-93-53-62(38-43-80(93)89-56-98-57-101-97(89)104)90-47-46-84-70-25-6-2-23-68(70)74-41-36-61(52-86(74)83-33-17-49-100-95(83)96(84)102-90)59-19-15-18-58(50-59)60-37-42-75-77-44-39-63(103-91-34-13-11-29-78(91)79-30-12-14-35-92(79)103)54-87(77)72-27-8-4-21-66(72)65-20-3-7-26-71(65)85(75)51-60/h1-57H. The van der Waals surface area contributed by atoms with Gasteiger partial charge in [0, 0.05) is 79.3 Å². The van der Waals surface area contributed by atoms with Crippen LogP contribution in [-0.4, -0.2) is 34.1 Å². The van der Waals surface area contributed by atoms with E-state index in [2.05, 4.69) is 330 Å². The molecule has 0 bridgehead atoms. The Morgan fingerprint density at radius 3 is 1.18 bits per heavy atom. The van der Waals surface area contributed by atoms with Crippen molar-refractivity contribution >= 4 is 43.7 Å². The second-order valence-electron chi connectivity index (χ2n) is 27.4. The van der Waals surface area contributed by atoms with E-state index in [-0.39, 0.29) is 0 Å². The van der Waals surface area contributed by atoms with Gasteiger partial charge in [-0.05, 0) is 202 Å². The number of hydrogen-bond acceptors (Lipinski definition) is 5. The molecular formula is C97H57N7. The number of benzene rings is 13. The zero-order chi connectivity index (χ0) is 68.1. The predicted molar refractivity (Wildman–Crippen MR) is 426 cm³/mol. The number of nitrogens with zero attached hydrogens (tertiary/aromatic N) is 7. The van der Waals surface area contributed by atoms with Gasteiger partial charge in [0.2, 0.25) is 0 Å². The number of aromatic nitrogens is 7. The van der Waals surface area contributed by atoms with Crippen molar-refractivity contribution in [3.63, 3.8) is 0 Å². The van der Waals surface area contributed by atoms with E-state index in [1.165, 1.54) is 66.3 Å². The van der Waals surface area contributed by atoms with Gasteiger partial charge in [0.05, 0.1) is 39.3 Å². The van der Waals surface area contributed by atoms with Crippen molar-refractivity contribution in [2.75, 3.05) is 0 Å². The van der Waals surface area contributed by atoms with E-state index >= 15 is 0 Å². The fraction of sp³-hybridized carbons (Fsp3) is 0. The lowest BCUT2D eigenvalue weighted by Crippen LogP contribution is -2.02. The normalized spacial score (nSPS) is 12.0. The van der Waals surface area contributed by atoms with E-state index < -0.39 is 0 Å². The lowest BCUT2D eigenvalue weighted by molar-refractivity contribution is 1.11. The zero-order valence-electron chi connectivity index (χ0n) is 56.0. The van der Waals surface area contributed by atoms with E-state index in [1.807, 2.05) is 24.7 Å². The molecular weight excluding hydrogens is 1260 g/mol.